The van der Waals surface area contributed by atoms with Crippen LogP contribution in [-0.2, 0) is 19.1 Å². The Morgan fingerprint density at radius 1 is 0.750 bits per heavy atom. The maximum Gasteiger partial charge on any atom is 0.320 e. The van der Waals surface area contributed by atoms with Crippen LogP contribution < -0.4 is 0 Å². The molecule has 150 valence electrons. The molecule has 6 heteroatoms. The molecule has 2 aromatic rings. The van der Waals surface area contributed by atoms with E-state index in [0.29, 0.717) is 0 Å². The Morgan fingerprint density at radius 3 is 1.43 bits per heavy atom. The van der Waals surface area contributed by atoms with Gasteiger partial charge in [-0.3, -0.25) is 9.59 Å². The molecule has 0 saturated heterocycles. The molecule has 6 nitrogen and oxygen atoms in total. The van der Waals surface area contributed by atoms with Gasteiger partial charge in [0.05, 0.1) is 13.2 Å². The maximum atomic E-state index is 12.2. The number of carbonyl (C=O) groups is 2. The summed E-state index contributed by atoms with van der Waals surface area (Å²) in [6.07, 6.45) is 0. The molecule has 0 amide bonds. The van der Waals surface area contributed by atoms with Crippen molar-refractivity contribution in [2.45, 2.75) is 18.8 Å². The largest absolute Gasteiger partial charge is 0.464 e. The van der Waals surface area contributed by atoms with Crippen molar-refractivity contribution in [1.82, 2.24) is 0 Å². The van der Waals surface area contributed by atoms with Crippen LogP contribution in [0.15, 0.2) is 60.7 Å². The number of benzene rings is 2. The first kappa shape index (κ1) is 21.6. The second-order valence-corrected chi connectivity index (χ2v) is 6.56. The summed E-state index contributed by atoms with van der Waals surface area (Å²) in [5, 5.41) is 19.0. The Balaban J connectivity index is 1.83. The predicted octanol–water partition coefficient (Wildman–Crippen LogP) is 2.26. The number of ether oxygens (including phenoxy) is 2. The number of aliphatic hydroxyl groups excluding tert-OH is 2. The highest BCUT2D eigenvalue weighted by Crippen LogP contribution is 2.18. The zero-order chi connectivity index (χ0) is 20.4. The highest BCUT2D eigenvalue weighted by Gasteiger charge is 2.26. The average Bonchev–Trinajstić information content (AvgIpc) is 2.75. The zero-order valence-corrected chi connectivity index (χ0v) is 15.9. The highest BCUT2D eigenvalue weighted by molar-refractivity contribution is 5.94. The topological polar surface area (TPSA) is 93.1 Å². The van der Waals surface area contributed by atoms with E-state index in [9.17, 15) is 19.8 Å². The van der Waals surface area contributed by atoms with Gasteiger partial charge in [-0.2, -0.15) is 0 Å². The van der Waals surface area contributed by atoms with Crippen molar-refractivity contribution in [1.29, 1.82) is 0 Å². The summed E-state index contributed by atoms with van der Waals surface area (Å²) in [6, 6.07) is 18.4. The number of hydrogen-bond donors (Lipinski definition) is 2. The van der Waals surface area contributed by atoms with Crippen LogP contribution in [0.2, 0.25) is 0 Å². The molecule has 0 bridgehead atoms. The van der Waals surface area contributed by atoms with Gasteiger partial charge in [0.15, 0.2) is 5.92 Å². The van der Waals surface area contributed by atoms with E-state index < -0.39 is 17.9 Å². The van der Waals surface area contributed by atoms with Crippen molar-refractivity contribution in [3.63, 3.8) is 0 Å². The van der Waals surface area contributed by atoms with E-state index in [1.165, 1.54) is 6.92 Å². The molecule has 0 aliphatic rings. The van der Waals surface area contributed by atoms with Crippen LogP contribution in [0.4, 0.5) is 0 Å². The van der Waals surface area contributed by atoms with Gasteiger partial charge in [-0.25, -0.2) is 0 Å². The molecule has 28 heavy (non-hydrogen) atoms. The van der Waals surface area contributed by atoms with E-state index in [1.807, 2.05) is 60.7 Å². The molecule has 0 radical (unpaired) electrons. The number of esters is 2. The summed E-state index contributed by atoms with van der Waals surface area (Å²) in [7, 11) is 0. The van der Waals surface area contributed by atoms with Crippen molar-refractivity contribution in [2.75, 3.05) is 26.4 Å². The molecule has 0 aliphatic heterocycles. The lowest BCUT2D eigenvalue weighted by Crippen LogP contribution is -2.28. The van der Waals surface area contributed by atoms with Gasteiger partial charge < -0.3 is 19.7 Å². The Kier molecular flexibility index (Phi) is 8.65. The summed E-state index contributed by atoms with van der Waals surface area (Å²) in [6.45, 7) is 1.01. The average molecular weight is 386 g/mol. The van der Waals surface area contributed by atoms with E-state index in [2.05, 4.69) is 0 Å². The van der Waals surface area contributed by atoms with Crippen molar-refractivity contribution < 1.29 is 29.3 Å². The van der Waals surface area contributed by atoms with Gasteiger partial charge in [0.25, 0.3) is 0 Å². The molecular weight excluding hydrogens is 360 g/mol. The summed E-state index contributed by atoms with van der Waals surface area (Å²) in [4.78, 5) is 24.3. The van der Waals surface area contributed by atoms with E-state index in [-0.39, 0.29) is 38.3 Å². The summed E-state index contributed by atoms with van der Waals surface area (Å²) in [5.41, 5.74) is 1.70. The van der Waals surface area contributed by atoms with Crippen LogP contribution in [0.3, 0.4) is 0 Å². The standard InChI is InChI=1S/C22H26O6/c1-16(21(25)27-14-19(12-23)17-8-4-2-5-9-17)22(26)28-15-20(13-24)18-10-6-3-7-11-18/h2-11,16,19-20,23-24H,12-15H2,1H3. The summed E-state index contributed by atoms with van der Waals surface area (Å²) >= 11 is 0. The van der Waals surface area contributed by atoms with Gasteiger partial charge in [-0.15, -0.1) is 0 Å². The fourth-order valence-corrected chi connectivity index (χ4v) is 2.67. The Hall–Kier alpha value is -2.70. The number of aliphatic hydroxyl groups is 2. The molecule has 0 saturated carbocycles. The fourth-order valence-electron chi connectivity index (χ4n) is 2.67. The first-order valence-electron chi connectivity index (χ1n) is 9.21. The maximum absolute atomic E-state index is 12.2. The molecule has 0 heterocycles. The van der Waals surface area contributed by atoms with Gasteiger partial charge in [0.1, 0.15) is 13.2 Å². The molecule has 0 fully saturated rings. The SMILES string of the molecule is CC(C(=O)OCC(CO)c1ccccc1)C(=O)OCC(CO)c1ccccc1. The predicted molar refractivity (Wildman–Crippen MR) is 104 cm³/mol. The van der Waals surface area contributed by atoms with Gasteiger partial charge in [0.2, 0.25) is 0 Å². The molecule has 0 aliphatic carbocycles. The Bertz CT molecular complexity index is 668. The van der Waals surface area contributed by atoms with Crippen LogP contribution >= 0.6 is 0 Å². The molecule has 0 aromatic heterocycles. The quantitative estimate of drug-likeness (QED) is 0.481. The summed E-state index contributed by atoms with van der Waals surface area (Å²) < 4.78 is 10.4. The first-order chi connectivity index (χ1) is 13.6. The van der Waals surface area contributed by atoms with Crippen molar-refractivity contribution in [3.8, 4) is 0 Å². The summed E-state index contributed by atoms with van der Waals surface area (Å²) in [5.74, 6) is -3.22. The van der Waals surface area contributed by atoms with Crippen LogP contribution in [-0.4, -0.2) is 48.6 Å². The van der Waals surface area contributed by atoms with Crippen molar-refractivity contribution >= 4 is 11.9 Å². The Morgan fingerprint density at radius 2 is 1.11 bits per heavy atom. The lowest BCUT2D eigenvalue weighted by Gasteiger charge is -2.18. The molecule has 2 unspecified atom stereocenters. The normalized spacial score (nSPS) is 14.0. The smallest absolute Gasteiger partial charge is 0.320 e. The van der Waals surface area contributed by atoms with E-state index in [4.69, 9.17) is 9.47 Å². The number of rotatable bonds is 10. The van der Waals surface area contributed by atoms with E-state index >= 15 is 0 Å². The Labute approximate surface area is 164 Å². The van der Waals surface area contributed by atoms with Crippen molar-refractivity contribution in [3.05, 3.63) is 71.8 Å². The lowest BCUT2D eigenvalue weighted by molar-refractivity contribution is -0.162. The van der Waals surface area contributed by atoms with Crippen LogP contribution in [0.1, 0.15) is 29.9 Å². The monoisotopic (exact) mass is 386 g/mol. The molecule has 0 spiro atoms. The molecule has 2 N–H and O–H groups in total. The van der Waals surface area contributed by atoms with E-state index in [0.717, 1.165) is 11.1 Å². The van der Waals surface area contributed by atoms with Gasteiger partial charge in [-0.05, 0) is 18.1 Å². The third kappa shape index (κ3) is 6.18. The van der Waals surface area contributed by atoms with Crippen molar-refractivity contribution in [2.24, 2.45) is 5.92 Å². The molecule has 2 atom stereocenters. The molecular formula is C22H26O6. The van der Waals surface area contributed by atoms with E-state index in [1.54, 1.807) is 0 Å². The lowest BCUT2D eigenvalue weighted by atomic mass is 10.0. The van der Waals surface area contributed by atoms with Crippen LogP contribution in [0.25, 0.3) is 0 Å². The van der Waals surface area contributed by atoms with Gasteiger partial charge >= 0.3 is 11.9 Å². The molecule has 2 aromatic carbocycles. The minimum atomic E-state index is -1.09. The first-order valence-corrected chi connectivity index (χ1v) is 9.21. The third-order valence-corrected chi connectivity index (χ3v) is 4.54. The zero-order valence-electron chi connectivity index (χ0n) is 15.9. The second kappa shape index (κ2) is 11.2. The van der Waals surface area contributed by atoms with Gasteiger partial charge in [0, 0.05) is 11.8 Å². The minimum Gasteiger partial charge on any atom is -0.464 e. The fraction of sp³-hybridized carbons (Fsp3) is 0.364. The minimum absolute atomic E-state index is 0.0275. The van der Waals surface area contributed by atoms with Crippen LogP contribution in [0, 0.1) is 5.92 Å². The highest BCUT2D eigenvalue weighted by atomic mass is 16.6. The number of hydrogen-bond acceptors (Lipinski definition) is 6. The molecule has 2 rings (SSSR count). The van der Waals surface area contributed by atoms with Gasteiger partial charge in [-0.1, -0.05) is 60.7 Å². The van der Waals surface area contributed by atoms with Crippen LogP contribution in [0.5, 0.6) is 0 Å². The second-order valence-electron chi connectivity index (χ2n) is 6.56. The number of carbonyl (C=O) groups excluding carboxylic acids is 2. The third-order valence-electron chi connectivity index (χ3n) is 4.54.